The van der Waals surface area contributed by atoms with Crippen molar-refractivity contribution in [2.75, 3.05) is 32.2 Å². The zero-order chi connectivity index (χ0) is 23.8. The second-order valence-corrected chi connectivity index (χ2v) is 10.6. The van der Waals surface area contributed by atoms with Crippen LogP contribution in [0.1, 0.15) is 44.2 Å². The topological polar surface area (TPSA) is 45.1 Å². The molecule has 1 atom stereocenters. The maximum atomic E-state index is 13.3. The number of anilines is 1. The molecule has 4 rings (SSSR count). The Balaban J connectivity index is 1.71. The van der Waals surface area contributed by atoms with Gasteiger partial charge in [-0.2, -0.15) is 0 Å². The van der Waals surface area contributed by atoms with E-state index in [0.29, 0.717) is 34.2 Å². The highest BCUT2D eigenvalue weighted by atomic mass is 35.5. The van der Waals surface area contributed by atoms with Crippen LogP contribution in [-0.4, -0.2) is 48.8 Å². The average molecular weight is 484 g/mol. The highest BCUT2D eigenvalue weighted by molar-refractivity contribution is 8.18. The number of carbonyl (C=O) groups is 1. The van der Waals surface area contributed by atoms with Crippen LogP contribution in [0, 0.1) is 0 Å². The lowest BCUT2D eigenvalue weighted by molar-refractivity contribution is -0.122. The number of hydrogen-bond donors (Lipinski definition) is 0. The first kappa shape index (κ1) is 23.9. The predicted octanol–water partition coefficient (Wildman–Crippen LogP) is 6.31. The summed E-state index contributed by atoms with van der Waals surface area (Å²) in [5.41, 5.74) is 4.15. The fourth-order valence-corrected chi connectivity index (χ4v) is 5.67. The van der Waals surface area contributed by atoms with Gasteiger partial charge < -0.3 is 9.64 Å². The standard InChI is InChI=1S/C26H30ClN3O2S/c1-17-16-26(2,3)29(4)22-15-21(27)18(13-20(17)22)14-23-24(31)30(11-12-32-5)25(33-23)28-19-9-7-6-8-10-19/h6-10,13-15,17H,11-12,16H2,1-5H3/b23-14-,28-25?. The molecule has 0 N–H and O–H groups in total. The van der Waals surface area contributed by atoms with E-state index in [9.17, 15) is 4.79 Å². The highest BCUT2D eigenvalue weighted by Gasteiger charge is 2.36. The van der Waals surface area contributed by atoms with E-state index >= 15 is 0 Å². The zero-order valence-electron chi connectivity index (χ0n) is 19.8. The Labute approximate surface area is 205 Å². The lowest BCUT2D eigenvalue weighted by Crippen LogP contribution is -2.45. The molecule has 2 heterocycles. The van der Waals surface area contributed by atoms with E-state index < -0.39 is 0 Å². The molecular formula is C26H30ClN3O2S. The number of carbonyl (C=O) groups excluding carboxylic acids is 1. The summed E-state index contributed by atoms with van der Waals surface area (Å²) in [7, 11) is 3.75. The van der Waals surface area contributed by atoms with Crippen LogP contribution in [0.5, 0.6) is 0 Å². The summed E-state index contributed by atoms with van der Waals surface area (Å²) in [5, 5.41) is 1.29. The molecular weight excluding hydrogens is 454 g/mol. The molecule has 0 saturated carbocycles. The number of methoxy groups -OCH3 is 1. The molecule has 0 bridgehead atoms. The summed E-state index contributed by atoms with van der Waals surface area (Å²) in [5.74, 6) is 0.327. The van der Waals surface area contributed by atoms with Crippen LogP contribution in [0.25, 0.3) is 6.08 Å². The van der Waals surface area contributed by atoms with Gasteiger partial charge in [0.05, 0.1) is 23.7 Å². The van der Waals surface area contributed by atoms with E-state index in [1.54, 1.807) is 12.0 Å². The minimum atomic E-state index is -0.0770. The number of rotatable bonds is 5. The molecule has 2 aliphatic heterocycles. The Morgan fingerprint density at radius 2 is 2.00 bits per heavy atom. The minimum Gasteiger partial charge on any atom is -0.383 e. The lowest BCUT2D eigenvalue weighted by Gasteiger charge is -2.45. The SMILES string of the molecule is COCCN1C(=O)/C(=C/c2cc3c(cc2Cl)N(C)C(C)(C)CC3C)SC1=Nc1ccccc1. The van der Waals surface area contributed by atoms with E-state index in [1.807, 2.05) is 42.5 Å². The summed E-state index contributed by atoms with van der Waals surface area (Å²) < 4.78 is 5.22. The summed E-state index contributed by atoms with van der Waals surface area (Å²) >= 11 is 8.10. The first-order valence-electron chi connectivity index (χ1n) is 11.1. The Morgan fingerprint density at radius 3 is 2.70 bits per heavy atom. The molecule has 2 aliphatic rings. The number of fused-ring (bicyclic) bond motifs is 1. The van der Waals surface area contributed by atoms with Crippen molar-refractivity contribution in [1.29, 1.82) is 0 Å². The molecule has 5 nitrogen and oxygen atoms in total. The molecule has 1 fully saturated rings. The summed E-state index contributed by atoms with van der Waals surface area (Å²) in [6, 6.07) is 13.8. The third kappa shape index (κ3) is 4.84. The van der Waals surface area contributed by atoms with Gasteiger partial charge in [-0.05, 0) is 79.4 Å². The van der Waals surface area contributed by atoms with Gasteiger partial charge in [0.25, 0.3) is 5.91 Å². The van der Waals surface area contributed by atoms with Crippen molar-refractivity contribution in [2.45, 2.75) is 38.6 Å². The molecule has 1 unspecified atom stereocenters. The van der Waals surface area contributed by atoms with Gasteiger partial charge in [0.1, 0.15) is 0 Å². The van der Waals surface area contributed by atoms with Crippen molar-refractivity contribution in [3.8, 4) is 0 Å². The molecule has 33 heavy (non-hydrogen) atoms. The Morgan fingerprint density at radius 1 is 1.27 bits per heavy atom. The van der Waals surface area contributed by atoms with E-state index in [-0.39, 0.29) is 11.4 Å². The smallest absolute Gasteiger partial charge is 0.266 e. The number of hydrogen-bond acceptors (Lipinski definition) is 5. The summed E-state index contributed by atoms with van der Waals surface area (Å²) in [6.45, 7) is 7.65. The van der Waals surface area contributed by atoms with E-state index in [2.05, 4.69) is 38.8 Å². The average Bonchev–Trinajstić information content (AvgIpc) is 3.06. The fourth-order valence-electron chi connectivity index (χ4n) is 4.44. The van der Waals surface area contributed by atoms with Crippen LogP contribution in [0.2, 0.25) is 5.02 Å². The Bertz CT molecular complexity index is 1110. The molecule has 0 aromatic heterocycles. The van der Waals surface area contributed by atoms with E-state index in [1.165, 1.54) is 17.3 Å². The molecule has 2 aromatic carbocycles. The minimum absolute atomic E-state index is 0.0671. The van der Waals surface area contributed by atoms with E-state index in [4.69, 9.17) is 21.3 Å². The first-order chi connectivity index (χ1) is 15.7. The molecule has 1 amide bonds. The predicted molar refractivity (Wildman–Crippen MR) is 140 cm³/mol. The fraction of sp³-hybridized carbons (Fsp3) is 0.385. The molecule has 1 saturated heterocycles. The lowest BCUT2D eigenvalue weighted by atomic mass is 9.80. The maximum Gasteiger partial charge on any atom is 0.266 e. The third-order valence-electron chi connectivity index (χ3n) is 6.43. The molecule has 174 valence electrons. The third-order valence-corrected chi connectivity index (χ3v) is 7.76. The number of halogens is 1. The van der Waals surface area contributed by atoms with E-state index in [0.717, 1.165) is 23.4 Å². The van der Waals surface area contributed by atoms with Crippen LogP contribution in [0.15, 0.2) is 52.4 Å². The second-order valence-electron chi connectivity index (χ2n) is 9.20. The van der Waals surface area contributed by atoms with Gasteiger partial charge in [-0.25, -0.2) is 4.99 Å². The maximum absolute atomic E-state index is 13.3. The molecule has 0 radical (unpaired) electrons. The van der Waals surface area contributed by atoms with Crippen LogP contribution in [0.3, 0.4) is 0 Å². The van der Waals surface area contributed by atoms with Crippen molar-refractivity contribution in [1.82, 2.24) is 4.90 Å². The molecule has 0 aliphatic carbocycles. The molecule has 7 heteroatoms. The van der Waals surface area contributed by atoms with Gasteiger partial charge in [0.15, 0.2) is 5.17 Å². The number of nitrogens with zero attached hydrogens (tertiary/aromatic N) is 3. The number of thioether (sulfide) groups is 1. The number of benzene rings is 2. The first-order valence-corrected chi connectivity index (χ1v) is 12.3. The van der Waals surface area contributed by atoms with Gasteiger partial charge in [-0.1, -0.05) is 36.7 Å². The molecule has 0 spiro atoms. The van der Waals surface area contributed by atoms with Crippen LogP contribution in [-0.2, 0) is 9.53 Å². The van der Waals surface area contributed by atoms with Crippen LogP contribution < -0.4 is 4.90 Å². The molecule has 2 aromatic rings. The summed E-state index contributed by atoms with van der Waals surface area (Å²) in [6.07, 6.45) is 2.95. The number of ether oxygens (including phenoxy) is 1. The zero-order valence-corrected chi connectivity index (χ0v) is 21.3. The van der Waals surface area contributed by atoms with Gasteiger partial charge in [-0.3, -0.25) is 9.69 Å². The van der Waals surface area contributed by atoms with Crippen molar-refractivity contribution < 1.29 is 9.53 Å². The van der Waals surface area contributed by atoms with Gasteiger partial charge >= 0.3 is 0 Å². The monoisotopic (exact) mass is 483 g/mol. The van der Waals surface area contributed by atoms with Crippen molar-refractivity contribution >= 4 is 51.9 Å². The van der Waals surface area contributed by atoms with Crippen molar-refractivity contribution in [3.05, 3.63) is 63.5 Å². The number of aliphatic imine (C=N–C) groups is 1. The number of amides is 1. The summed E-state index contributed by atoms with van der Waals surface area (Å²) in [4.78, 5) is 22.6. The Hall–Kier alpha value is -2.28. The quantitative estimate of drug-likeness (QED) is 0.467. The van der Waals surface area contributed by atoms with Crippen LogP contribution in [0.4, 0.5) is 11.4 Å². The number of amidine groups is 1. The Kier molecular flexibility index (Phi) is 6.89. The van der Waals surface area contributed by atoms with Crippen molar-refractivity contribution in [3.63, 3.8) is 0 Å². The second kappa shape index (κ2) is 9.53. The highest BCUT2D eigenvalue weighted by Crippen LogP contribution is 2.45. The van der Waals surface area contributed by atoms with Crippen molar-refractivity contribution in [2.24, 2.45) is 4.99 Å². The van der Waals surface area contributed by atoms with Crippen LogP contribution >= 0.6 is 23.4 Å². The number of para-hydroxylation sites is 1. The van der Waals surface area contributed by atoms with Gasteiger partial charge in [0.2, 0.25) is 0 Å². The largest absolute Gasteiger partial charge is 0.383 e. The van der Waals surface area contributed by atoms with Gasteiger partial charge in [-0.15, -0.1) is 0 Å². The van der Waals surface area contributed by atoms with Gasteiger partial charge in [0, 0.05) is 30.4 Å². The normalized spacial score (nSPS) is 22.4.